The van der Waals surface area contributed by atoms with E-state index in [1.54, 1.807) is 48.5 Å². The number of rotatable bonds is 9. The zero-order valence-corrected chi connectivity index (χ0v) is 17.4. The number of methoxy groups -OCH3 is 1. The van der Waals surface area contributed by atoms with Gasteiger partial charge in [0.2, 0.25) is 0 Å². The predicted octanol–water partition coefficient (Wildman–Crippen LogP) is 4.12. The van der Waals surface area contributed by atoms with Crippen molar-refractivity contribution in [2.75, 3.05) is 7.11 Å². The molecular formula is C25H24O6. The van der Waals surface area contributed by atoms with Crippen LogP contribution in [0.25, 0.3) is 0 Å². The minimum atomic E-state index is -1.61. The van der Waals surface area contributed by atoms with Crippen LogP contribution in [0.5, 0.6) is 11.5 Å². The largest absolute Gasteiger partial charge is 0.497 e. The van der Waals surface area contributed by atoms with Gasteiger partial charge in [0.15, 0.2) is 18.0 Å². The second-order valence-electron chi connectivity index (χ2n) is 6.88. The van der Waals surface area contributed by atoms with Gasteiger partial charge in [-0.05, 0) is 35.4 Å². The number of aliphatic hydroxyl groups is 1. The van der Waals surface area contributed by atoms with Crippen LogP contribution in [0.4, 0.5) is 0 Å². The molecular weight excluding hydrogens is 396 g/mol. The maximum atomic E-state index is 13.2. The van der Waals surface area contributed by atoms with E-state index in [1.165, 1.54) is 14.0 Å². The first-order valence-corrected chi connectivity index (χ1v) is 9.79. The summed E-state index contributed by atoms with van der Waals surface area (Å²) in [5, 5.41) is 10.9. The van der Waals surface area contributed by atoms with Gasteiger partial charge in [-0.1, -0.05) is 54.6 Å². The number of ether oxygens (including phenoxy) is 3. The van der Waals surface area contributed by atoms with Crippen molar-refractivity contribution in [1.82, 2.24) is 0 Å². The summed E-state index contributed by atoms with van der Waals surface area (Å²) in [7, 11) is 1.53. The number of para-hydroxylation sites is 1. The molecule has 0 aliphatic carbocycles. The molecule has 0 heterocycles. The Morgan fingerprint density at radius 2 is 1.55 bits per heavy atom. The van der Waals surface area contributed by atoms with Gasteiger partial charge < -0.3 is 19.3 Å². The smallest absolute Gasteiger partial charge is 0.303 e. The lowest BCUT2D eigenvalue weighted by Gasteiger charge is -2.23. The highest BCUT2D eigenvalue weighted by Gasteiger charge is 2.32. The zero-order chi connectivity index (χ0) is 22.2. The topological polar surface area (TPSA) is 82.1 Å². The third-order valence-corrected chi connectivity index (χ3v) is 4.68. The summed E-state index contributed by atoms with van der Waals surface area (Å²) < 4.78 is 16.3. The summed E-state index contributed by atoms with van der Waals surface area (Å²) in [5.41, 5.74) is 1.62. The van der Waals surface area contributed by atoms with E-state index in [1.807, 2.05) is 30.3 Å². The fourth-order valence-corrected chi connectivity index (χ4v) is 3.12. The number of carbonyl (C=O) groups excluding carboxylic acids is 2. The molecule has 0 saturated carbocycles. The van der Waals surface area contributed by atoms with Gasteiger partial charge in [-0.25, -0.2) is 0 Å². The van der Waals surface area contributed by atoms with Gasteiger partial charge in [-0.3, -0.25) is 9.59 Å². The molecule has 3 aromatic carbocycles. The Bertz CT molecular complexity index is 1010. The molecule has 1 N–H and O–H groups in total. The Hall–Kier alpha value is -3.64. The van der Waals surface area contributed by atoms with Crippen LogP contribution in [0.3, 0.4) is 0 Å². The van der Waals surface area contributed by atoms with E-state index in [4.69, 9.17) is 14.2 Å². The van der Waals surface area contributed by atoms with E-state index in [0.717, 1.165) is 5.56 Å². The Kier molecular flexibility index (Phi) is 7.40. The maximum Gasteiger partial charge on any atom is 0.303 e. The maximum absolute atomic E-state index is 13.2. The Morgan fingerprint density at radius 3 is 2.19 bits per heavy atom. The Balaban J connectivity index is 1.84. The van der Waals surface area contributed by atoms with Crippen LogP contribution < -0.4 is 9.47 Å². The molecule has 160 valence electrons. The molecule has 0 aliphatic heterocycles. The fraction of sp³-hybridized carbons (Fsp3) is 0.200. The molecule has 0 amide bonds. The van der Waals surface area contributed by atoms with Crippen LogP contribution in [0.2, 0.25) is 0 Å². The molecule has 2 unspecified atom stereocenters. The Labute approximate surface area is 181 Å². The molecule has 3 rings (SSSR count). The molecule has 6 heteroatoms. The molecule has 0 saturated heterocycles. The molecule has 0 fully saturated rings. The highest BCUT2D eigenvalue weighted by Crippen LogP contribution is 2.29. The van der Waals surface area contributed by atoms with Gasteiger partial charge in [0, 0.05) is 6.92 Å². The van der Waals surface area contributed by atoms with Gasteiger partial charge >= 0.3 is 5.97 Å². The van der Waals surface area contributed by atoms with Crippen LogP contribution in [0, 0.1) is 0 Å². The summed E-state index contributed by atoms with van der Waals surface area (Å²) >= 11 is 0. The number of hydrogen-bond donors (Lipinski definition) is 1. The lowest BCUT2D eigenvalue weighted by Crippen LogP contribution is -2.31. The molecule has 0 aliphatic rings. The molecule has 2 atom stereocenters. The number of Topliss-reactive ketones (excluding diaryl/α,β-unsaturated/α-hetero) is 1. The zero-order valence-electron chi connectivity index (χ0n) is 17.4. The summed E-state index contributed by atoms with van der Waals surface area (Å²) in [6, 6.07) is 22.8. The van der Waals surface area contributed by atoms with Crippen LogP contribution in [-0.4, -0.2) is 30.1 Å². The second-order valence-corrected chi connectivity index (χ2v) is 6.88. The minimum absolute atomic E-state index is 0.205. The van der Waals surface area contributed by atoms with Crippen molar-refractivity contribution >= 4 is 11.8 Å². The van der Waals surface area contributed by atoms with Crippen molar-refractivity contribution in [3.63, 3.8) is 0 Å². The van der Waals surface area contributed by atoms with E-state index in [9.17, 15) is 14.7 Å². The van der Waals surface area contributed by atoms with Gasteiger partial charge in [-0.2, -0.15) is 0 Å². The number of carbonyl (C=O) groups is 2. The highest BCUT2D eigenvalue weighted by molar-refractivity contribution is 6.02. The van der Waals surface area contributed by atoms with Crippen molar-refractivity contribution in [2.24, 2.45) is 0 Å². The molecule has 0 spiro atoms. The first-order valence-electron chi connectivity index (χ1n) is 9.79. The quantitative estimate of drug-likeness (QED) is 0.414. The van der Waals surface area contributed by atoms with Crippen LogP contribution in [0.1, 0.15) is 34.5 Å². The van der Waals surface area contributed by atoms with Crippen molar-refractivity contribution in [2.45, 2.75) is 25.7 Å². The minimum Gasteiger partial charge on any atom is -0.497 e. The second kappa shape index (κ2) is 10.4. The third-order valence-electron chi connectivity index (χ3n) is 4.68. The van der Waals surface area contributed by atoms with E-state index >= 15 is 0 Å². The van der Waals surface area contributed by atoms with E-state index in [2.05, 4.69) is 0 Å². The standard InChI is InChI=1S/C25H24O6/c1-17(26)31-25(19-12-14-20(29-2)15-13-19)24(28)23(27)21-10-6-7-11-22(21)30-16-18-8-4-3-5-9-18/h3-15,24-25,28H,16H2,1-2H3. The SMILES string of the molecule is COc1ccc(C(OC(C)=O)C(O)C(=O)c2ccccc2OCc2ccccc2)cc1. The summed E-state index contributed by atoms with van der Waals surface area (Å²) in [5.74, 6) is -0.274. The average molecular weight is 420 g/mol. The van der Waals surface area contributed by atoms with Gasteiger partial charge in [0.25, 0.3) is 0 Å². The van der Waals surface area contributed by atoms with Crippen molar-refractivity contribution < 1.29 is 28.9 Å². The molecule has 0 radical (unpaired) electrons. The monoisotopic (exact) mass is 420 g/mol. The Morgan fingerprint density at radius 1 is 0.903 bits per heavy atom. The number of aliphatic hydroxyl groups excluding tert-OH is 1. The summed E-state index contributed by atoms with van der Waals surface area (Å²) in [6.07, 6.45) is -2.78. The number of hydrogen-bond acceptors (Lipinski definition) is 6. The first kappa shape index (κ1) is 22.1. The van der Waals surface area contributed by atoms with Crippen LogP contribution >= 0.6 is 0 Å². The number of benzene rings is 3. The van der Waals surface area contributed by atoms with Gasteiger partial charge in [0.1, 0.15) is 18.1 Å². The molecule has 6 nitrogen and oxygen atoms in total. The summed E-state index contributed by atoms with van der Waals surface area (Å²) in [4.78, 5) is 24.8. The lowest BCUT2D eigenvalue weighted by atomic mass is 9.96. The predicted molar refractivity (Wildman–Crippen MR) is 115 cm³/mol. The van der Waals surface area contributed by atoms with Gasteiger partial charge in [-0.15, -0.1) is 0 Å². The summed E-state index contributed by atoms with van der Waals surface area (Å²) in [6.45, 7) is 1.50. The van der Waals surface area contributed by atoms with Crippen molar-refractivity contribution in [1.29, 1.82) is 0 Å². The average Bonchev–Trinajstić information content (AvgIpc) is 2.81. The number of ketones is 1. The van der Waals surface area contributed by atoms with Crippen molar-refractivity contribution in [3.8, 4) is 11.5 Å². The van der Waals surface area contributed by atoms with E-state index in [-0.39, 0.29) is 12.2 Å². The molecule has 3 aromatic rings. The van der Waals surface area contributed by atoms with E-state index in [0.29, 0.717) is 17.1 Å². The highest BCUT2D eigenvalue weighted by atomic mass is 16.6. The fourth-order valence-electron chi connectivity index (χ4n) is 3.12. The molecule has 0 aromatic heterocycles. The lowest BCUT2D eigenvalue weighted by molar-refractivity contribution is -0.151. The van der Waals surface area contributed by atoms with Gasteiger partial charge in [0.05, 0.1) is 12.7 Å². The van der Waals surface area contributed by atoms with Crippen LogP contribution in [-0.2, 0) is 16.1 Å². The van der Waals surface area contributed by atoms with Crippen molar-refractivity contribution in [3.05, 3.63) is 95.6 Å². The normalized spacial score (nSPS) is 12.5. The first-order chi connectivity index (χ1) is 15.0. The van der Waals surface area contributed by atoms with Crippen LogP contribution in [0.15, 0.2) is 78.9 Å². The third kappa shape index (κ3) is 5.71. The molecule has 31 heavy (non-hydrogen) atoms. The number of esters is 1. The molecule has 0 bridgehead atoms. The van der Waals surface area contributed by atoms with E-state index < -0.39 is 24.0 Å².